The monoisotopic (exact) mass is 338 g/mol. The molecular formula is C10H7BrN6OS. The topological polar surface area (TPSA) is 99.4 Å². The minimum absolute atomic E-state index is 0.286. The molecule has 0 saturated heterocycles. The van der Waals surface area contributed by atoms with Gasteiger partial charge in [-0.15, -0.1) is 11.3 Å². The van der Waals surface area contributed by atoms with Gasteiger partial charge < -0.3 is 0 Å². The first-order valence-electron chi connectivity index (χ1n) is 5.20. The molecule has 9 heteroatoms. The van der Waals surface area contributed by atoms with Gasteiger partial charge in [0.1, 0.15) is 6.33 Å². The number of nitrogens with one attached hydrogen (secondary N) is 3. The summed E-state index contributed by atoms with van der Waals surface area (Å²) in [7, 11) is 0. The molecule has 0 atom stereocenters. The zero-order valence-corrected chi connectivity index (χ0v) is 11.7. The molecule has 0 bridgehead atoms. The van der Waals surface area contributed by atoms with Crippen LogP contribution in [-0.4, -0.2) is 31.3 Å². The third kappa shape index (κ3) is 2.56. The van der Waals surface area contributed by atoms with E-state index in [4.69, 9.17) is 0 Å². The van der Waals surface area contributed by atoms with Crippen molar-refractivity contribution in [3.63, 3.8) is 0 Å². The van der Waals surface area contributed by atoms with E-state index in [0.29, 0.717) is 0 Å². The molecule has 96 valence electrons. The molecule has 1 amide bonds. The van der Waals surface area contributed by atoms with Gasteiger partial charge >= 0.3 is 0 Å². The Balaban J connectivity index is 1.79. The fourth-order valence-corrected chi connectivity index (χ4v) is 2.81. The van der Waals surface area contributed by atoms with Crippen LogP contribution < -0.4 is 5.32 Å². The summed E-state index contributed by atoms with van der Waals surface area (Å²) < 4.78 is 1.02. The fourth-order valence-electron chi connectivity index (χ4n) is 1.46. The number of amides is 1. The summed E-state index contributed by atoms with van der Waals surface area (Å²) in [4.78, 5) is 16.7. The second kappa shape index (κ2) is 4.94. The molecule has 7 nitrogen and oxygen atoms in total. The third-order valence-electron chi connectivity index (χ3n) is 2.30. The average Bonchev–Trinajstić information content (AvgIpc) is 3.07. The Kier molecular flexibility index (Phi) is 3.13. The number of anilines is 1. The van der Waals surface area contributed by atoms with Crippen molar-refractivity contribution >= 4 is 39.1 Å². The Bertz CT molecular complexity index is 703. The van der Waals surface area contributed by atoms with Crippen molar-refractivity contribution in [1.29, 1.82) is 0 Å². The minimum atomic E-state index is -0.352. The maximum absolute atomic E-state index is 11.9. The molecule has 0 radical (unpaired) electrons. The van der Waals surface area contributed by atoms with Crippen molar-refractivity contribution in [3.05, 3.63) is 34.0 Å². The molecule has 0 aromatic carbocycles. The molecule has 0 aliphatic rings. The largest absolute Gasteiger partial charge is 0.289 e. The molecule has 0 aliphatic carbocycles. The van der Waals surface area contributed by atoms with E-state index >= 15 is 0 Å². The molecular weight excluding hydrogens is 332 g/mol. The fraction of sp³-hybridized carbons (Fsp3) is 0. The Morgan fingerprint density at radius 1 is 1.37 bits per heavy atom. The van der Waals surface area contributed by atoms with Crippen LogP contribution in [0.15, 0.2) is 28.3 Å². The number of halogens is 1. The highest BCUT2D eigenvalue weighted by Gasteiger charge is 2.13. The number of nitrogens with zero attached hydrogens (tertiary/aromatic N) is 3. The number of hydrogen-bond donors (Lipinski definition) is 3. The van der Waals surface area contributed by atoms with Crippen molar-refractivity contribution < 1.29 is 4.79 Å². The van der Waals surface area contributed by atoms with Gasteiger partial charge in [-0.05, 0) is 34.1 Å². The van der Waals surface area contributed by atoms with Crippen LogP contribution in [0.5, 0.6) is 0 Å². The summed E-state index contributed by atoms with van der Waals surface area (Å²) in [6, 6.07) is 5.57. The average molecular weight is 339 g/mol. The first kappa shape index (κ1) is 12.1. The van der Waals surface area contributed by atoms with E-state index in [1.807, 2.05) is 12.1 Å². The highest BCUT2D eigenvalue weighted by atomic mass is 79.9. The van der Waals surface area contributed by atoms with Crippen molar-refractivity contribution in [3.8, 4) is 10.6 Å². The van der Waals surface area contributed by atoms with Crippen LogP contribution in [0.4, 0.5) is 5.95 Å². The lowest BCUT2D eigenvalue weighted by Gasteiger charge is -1.95. The predicted molar refractivity (Wildman–Crippen MR) is 73.9 cm³/mol. The Morgan fingerprint density at radius 2 is 2.26 bits per heavy atom. The normalized spacial score (nSPS) is 10.6. The van der Waals surface area contributed by atoms with E-state index in [9.17, 15) is 4.79 Å². The number of aromatic amines is 2. The summed E-state index contributed by atoms with van der Waals surface area (Å²) in [5.41, 5.74) is 1.08. The number of carbonyl (C=O) groups excluding carboxylic acids is 1. The van der Waals surface area contributed by atoms with Crippen LogP contribution in [0.1, 0.15) is 10.5 Å². The summed E-state index contributed by atoms with van der Waals surface area (Å²) in [6.45, 7) is 0. The smallest absolute Gasteiger partial charge is 0.278 e. The second-order valence-electron chi connectivity index (χ2n) is 3.56. The predicted octanol–water partition coefficient (Wildman–Crippen LogP) is 2.27. The van der Waals surface area contributed by atoms with E-state index in [2.05, 4.69) is 46.6 Å². The number of rotatable bonds is 3. The van der Waals surface area contributed by atoms with E-state index in [1.54, 1.807) is 17.4 Å². The van der Waals surface area contributed by atoms with Crippen LogP contribution in [0.2, 0.25) is 0 Å². The van der Waals surface area contributed by atoms with Crippen LogP contribution in [0.3, 0.4) is 0 Å². The third-order valence-corrected chi connectivity index (χ3v) is 3.95. The molecule has 19 heavy (non-hydrogen) atoms. The van der Waals surface area contributed by atoms with E-state index in [1.165, 1.54) is 6.33 Å². The summed E-state index contributed by atoms with van der Waals surface area (Å²) in [5.74, 6) is -0.0664. The zero-order chi connectivity index (χ0) is 13.2. The summed E-state index contributed by atoms with van der Waals surface area (Å²) >= 11 is 4.95. The molecule has 0 saturated carbocycles. The highest BCUT2D eigenvalue weighted by Crippen LogP contribution is 2.30. The Morgan fingerprint density at radius 3 is 2.95 bits per heavy atom. The molecule has 0 aliphatic heterocycles. The molecule has 0 fully saturated rings. The quantitative estimate of drug-likeness (QED) is 0.682. The van der Waals surface area contributed by atoms with E-state index in [0.717, 1.165) is 14.4 Å². The maximum Gasteiger partial charge on any atom is 0.278 e. The van der Waals surface area contributed by atoms with E-state index < -0.39 is 0 Å². The van der Waals surface area contributed by atoms with Crippen molar-refractivity contribution in [2.75, 3.05) is 5.32 Å². The first-order chi connectivity index (χ1) is 9.22. The van der Waals surface area contributed by atoms with Gasteiger partial charge in [-0.2, -0.15) is 15.2 Å². The standard InChI is InChI=1S/C10H7BrN6OS/c11-8-2-1-7(19-8)5-3-6(16-15-5)9(18)14-10-12-4-13-17-10/h1-4H,(H,15,16)(H2,12,13,14,17,18). The van der Waals surface area contributed by atoms with Crippen molar-refractivity contribution in [2.24, 2.45) is 0 Å². The van der Waals surface area contributed by atoms with Gasteiger partial charge in [0, 0.05) is 0 Å². The maximum atomic E-state index is 11.9. The summed E-state index contributed by atoms with van der Waals surface area (Å²) in [6.07, 6.45) is 1.31. The van der Waals surface area contributed by atoms with Gasteiger partial charge in [0.15, 0.2) is 5.69 Å². The lowest BCUT2D eigenvalue weighted by Crippen LogP contribution is -2.13. The second-order valence-corrected chi connectivity index (χ2v) is 6.02. The van der Waals surface area contributed by atoms with Gasteiger partial charge in [-0.25, -0.2) is 5.10 Å². The lowest BCUT2D eigenvalue weighted by molar-refractivity contribution is 0.102. The Hall–Kier alpha value is -2.00. The van der Waals surface area contributed by atoms with Crippen molar-refractivity contribution in [1.82, 2.24) is 25.4 Å². The summed E-state index contributed by atoms with van der Waals surface area (Å²) in [5, 5.41) is 15.5. The highest BCUT2D eigenvalue weighted by molar-refractivity contribution is 9.11. The van der Waals surface area contributed by atoms with Crippen LogP contribution >= 0.6 is 27.3 Å². The molecule has 3 N–H and O–H groups in total. The zero-order valence-electron chi connectivity index (χ0n) is 9.35. The molecule has 0 spiro atoms. The van der Waals surface area contributed by atoms with Crippen LogP contribution in [-0.2, 0) is 0 Å². The molecule has 3 aromatic heterocycles. The first-order valence-corrected chi connectivity index (χ1v) is 6.81. The van der Waals surface area contributed by atoms with Gasteiger partial charge in [-0.3, -0.25) is 15.2 Å². The number of carbonyl (C=O) groups is 1. The molecule has 3 rings (SSSR count). The van der Waals surface area contributed by atoms with Gasteiger partial charge in [0.25, 0.3) is 5.91 Å². The molecule has 3 heterocycles. The van der Waals surface area contributed by atoms with E-state index in [-0.39, 0.29) is 17.5 Å². The minimum Gasteiger partial charge on any atom is -0.289 e. The van der Waals surface area contributed by atoms with Gasteiger partial charge in [0.2, 0.25) is 5.95 Å². The van der Waals surface area contributed by atoms with Crippen LogP contribution in [0, 0.1) is 0 Å². The van der Waals surface area contributed by atoms with Gasteiger partial charge in [0.05, 0.1) is 14.4 Å². The number of aromatic nitrogens is 5. The molecule has 3 aromatic rings. The number of H-pyrrole nitrogens is 2. The van der Waals surface area contributed by atoms with Gasteiger partial charge in [-0.1, -0.05) is 0 Å². The van der Waals surface area contributed by atoms with Crippen LogP contribution in [0.25, 0.3) is 10.6 Å². The SMILES string of the molecule is O=C(Nc1ncn[nH]1)c1cc(-c2ccc(Br)s2)[nH]n1. The number of thiophene rings is 1. The molecule has 0 unspecified atom stereocenters. The Labute approximate surface area is 119 Å². The lowest BCUT2D eigenvalue weighted by atomic mass is 10.3. The van der Waals surface area contributed by atoms with Crippen molar-refractivity contribution in [2.45, 2.75) is 0 Å². The number of hydrogen-bond acceptors (Lipinski definition) is 5.